The van der Waals surface area contributed by atoms with Gasteiger partial charge in [-0.2, -0.15) is 0 Å². The molecule has 13 nitrogen and oxygen atoms in total. The van der Waals surface area contributed by atoms with Crippen molar-refractivity contribution in [1.29, 1.82) is 0 Å². The van der Waals surface area contributed by atoms with Crippen molar-refractivity contribution in [2.75, 3.05) is 20.2 Å². The zero-order valence-electron chi connectivity index (χ0n) is 23.0. The molecule has 0 radical (unpaired) electrons. The Hall–Kier alpha value is -1.42. The average molecular weight is 562 g/mol. The van der Waals surface area contributed by atoms with Gasteiger partial charge in [0, 0.05) is 38.3 Å². The van der Waals surface area contributed by atoms with Gasteiger partial charge in [0.1, 0.15) is 24.4 Å². The summed E-state index contributed by atoms with van der Waals surface area (Å²) in [5, 5.41) is 48.1. The molecular formula is C26H43NO12. The van der Waals surface area contributed by atoms with E-state index in [1.54, 1.807) is 0 Å². The highest BCUT2D eigenvalue weighted by atomic mass is 17.3. The number of esters is 1. The Labute approximate surface area is 227 Å². The molecule has 12 atom stereocenters. The molecule has 39 heavy (non-hydrogen) atoms. The number of carbonyl (C=O) groups is 2. The van der Waals surface area contributed by atoms with Gasteiger partial charge in [0.15, 0.2) is 11.9 Å². The van der Waals surface area contributed by atoms with Gasteiger partial charge < -0.3 is 44.6 Å². The molecule has 2 bridgehead atoms. The van der Waals surface area contributed by atoms with E-state index in [1.165, 1.54) is 7.05 Å². The van der Waals surface area contributed by atoms with Crippen molar-refractivity contribution in [2.45, 2.75) is 108 Å². The van der Waals surface area contributed by atoms with Crippen LogP contribution in [0.25, 0.3) is 0 Å². The minimum Gasteiger partial charge on any atom is -0.435 e. The summed E-state index contributed by atoms with van der Waals surface area (Å²) in [5.74, 6) is -1.72. The summed E-state index contributed by atoms with van der Waals surface area (Å²) >= 11 is 0. The van der Waals surface area contributed by atoms with Crippen molar-refractivity contribution >= 4 is 11.9 Å². The van der Waals surface area contributed by atoms with Gasteiger partial charge in [-0.15, -0.1) is 0 Å². The number of aliphatic hydroxyl groups is 5. The number of fused-ring (bicyclic) bond motifs is 2. The van der Waals surface area contributed by atoms with E-state index in [4.69, 9.17) is 29.1 Å². The van der Waals surface area contributed by atoms with Crippen LogP contribution in [0.4, 0.5) is 0 Å². The minimum atomic E-state index is -1.80. The average Bonchev–Trinajstić information content (AvgIpc) is 3.14. The van der Waals surface area contributed by atoms with E-state index in [0.717, 1.165) is 24.2 Å². The number of rotatable bonds is 10. The number of hydrogen-bond acceptors (Lipinski definition) is 12. The predicted molar refractivity (Wildman–Crippen MR) is 131 cm³/mol. The fraction of sp³-hybridized carbons (Fsp3) is 0.923. The summed E-state index contributed by atoms with van der Waals surface area (Å²) in [6.07, 6.45) is -5.52. The molecule has 224 valence electrons. The number of carbonyl (C=O) groups excluding carboxylic acids is 2. The zero-order chi connectivity index (χ0) is 28.7. The van der Waals surface area contributed by atoms with Crippen LogP contribution in [0.5, 0.6) is 0 Å². The number of ether oxygens (including phenoxy) is 3. The Morgan fingerprint density at radius 3 is 2.38 bits per heavy atom. The fourth-order valence-corrected chi connectivity index (χ4v) is 6.65. The lowest BCUT2D eigenvalue weighted by Gasteiger charge is -2.59. The normalized spacial score (nSPS) is 40.5. The first-order valence-electron chi connectivity index (χ1n) is 13.8. The largest absolute Gasteiger partial charge is 0.435 e. The van der Waals surface area contributed by atoms with Gasteiger partial charge >= 0.3 is 5.97 Å². The van der Waals surface area contributed by atoms with Gasteiger partial charge in [0.2, 0.25) is 18.0 Å². The van der Waals surface area contributed by atoms with Crippen LogP contribution in [-0.2, 0) is 33.6 Å². The van der Waals surface area contributed by atoms with Gasteiger partial charge in [-0.1, -0.05) is 13.8 Å². The maximum absolute atomic E-state index is 12.7. The molecule has 5 N–H and O–H groups in total. The van der Waals surface area contributed by atoms with E-state index in [-0.39, 0.29) is 37.1 Å². The van der Waals surface area contributed by atoms with Gasteiger partial charge in [0.05, 0.1) is 13.0 Å². The van der Waals surface area contributed by atoms with Gasteiger partial charge in [0.25, 0.3) is 0 Å². The van der Waals surface area contributed by atoms with Crippen LogP contribution < -0.4 is 0 Å². The van der Waals surface area contributed by atoms with E-state index in [2.05, 4.69) is 6.92 Å². The van der Waals surface area contributed by atoms with Crippen LogP contribution in [0.3, 0.4) is 0 Å². The van der Waals surface area contributed by atoms with Crippen LogP contribution in [0.2, 0.25) is 0 Å². The monoisotopic (exact) mass is 561 g/mol. The summed E-state index contributed by atoms with van der Waals surface area (Å²) in [7, 11) is 1.37. The lowest BCUT2D eigenvalue weighted by atomic mass is 9.58. The Morgan fingerprint density at radius 2 is 1.69 bits per heavy atom. The van der Waals surface area contributed by atoms with Crippen LogP contribution in [0.15, 0.2) is 0 Å². The Morgan fingerprint density at radius 1 is 1.00 bits per heavy atom. The topological polar surface area (TPSA) is 185 Å². The Kier molecular flexibility index (Phi) is 9.26. The lowest BCUT2D eigenvalue weighted by Crippen LogP contribution is -2.70. The lowest BCUT2D eigenvalue weighted by molar-refractivity contribution is -0.576. The minimum absolute atomic E-state index is 0.0155. The summed E-state index contributed by atoms with van der Waals surface area (Å²) in [5.41, 5.74) is -0.777. The molecular weight excluding hydrogens is 518 g/mol. The van der Waals surface area contributed by atoms with Crippen molar-refractivity contribution in [3.63, 3.8) is 0 Å². The number of nitrogens with zero attached hydrogens (tertiary/aromatic N) is 1. The molecule has 4 saturated heterocycles. The number of hydrogen-bond donors (Lipinski definition) is 5. The quantitative estimate of drug-likeness (QED) is 0.169. The van der Waals surface area contributed by atoms with Crippen molar-refractivity contribution in [3.8, 4) is 0 Å². The van der Waals surface area contributed by atoms with E-state index in [0.29, 0.717) is 12.3 Å². The van der Waals surface area contributed by atoms with Crippen LogP contribution in [0, 0.1) is 23.7 Å². The van der Waals surface area contributed by atoms with Crippen LogP contribution >= 0.6 is 0 Å². The van der Waals surface area contributed by atoms with E-state index in [1.807, 2.05) is 13.8 Å². The van der Waals surface area contributed by atoms with Crippen LogP contribution in [-0.4, -0.2) is 111 Å². The number of amides is 1. The molecule has 0 unspecified atom stereocenters. The van der Waals surface area contributed by atoms with Gasteiger partial charge in [-0.25, -0.2) is 9.78 Å². The smallest absolute Gasteiger partial charge is 0.308 e. The maximum Gasteiger partial charge on any atom is 0.308 e. The van der Waals surface area contributed by atoms with Gasteiger partial charge in [-0.3, -0.25) is 9.59 Å². The fourth-order valence-electron chi connectivity index (χ4n) is 6.65. The molecule has 5 aliphatic rings. The molecule has 4 heterocycles. The standard InChI is InChI=1S/C26H43NO12/c1-13-5-6-16-14(2)23(36-24-26(16)15(13)9-10-25(3,37-24)38-39-26)35-20(32)8-7-19(31)27(4)11-17(29)21(33)22(34)18(30)12-28/h13-18,21-24,28-30,33-34H,5-12H2,1-4H3/t13-,14-,15-,16-,17+,18+,21+,22-,23-,24-,25+,26-/m1/s1. The second-order valence-electron chi connectivity index (χ2n) is 11.8. The third-order valence-corrected chi connectivity index (χ3v) is 9.10. The zero-order valence-corrected chi connectivity index (χ0v) is 23.0. The highest BCUT2D eigenvalue weighted by Gasteiger charge is 2.69. The highest BCUT2D eigenvalue weighted by molar-refractivity contribution is 5.81. The molecule has 5 rings (SSSR count). The molecule has 1 aliphatic carbocycles. The SMILES string of the molecule is C[C@H]1[C@H](OC(=O)CCC(=O)N(C)C[C@H](O)[C@H](O)[C@H](O)[C@@H](O)CO)O[C@@H]2O[C@]3(C)CC[C@@H]4[C@H](C)CC[C@H]1[C@@]24OO3. The molecule has 13 heteroatoms. The van der Waals surface area contributed by atoms with Crippen molar-refractivity contribution < 1.29 is 59.1 Å². The Balaban J connectivity index is 1.32. The van der Waals surface area contributed by atoms with Crippen molar-refractivity contribution in [1.82, 2.24) is 4.90 Å². The van der Waals surface area contributed by atoms with E-state index in [9.17, 15) is 30.0 Å². The Bertz CT molecular complexity index is 891. The summed E-state index contributed by atoms with van der Waals surface area (Å²) in [4.78, 5) is 38.2. The molecule has 1 amide bonds. The second kappa shape index (κ2) is 11.8. The highest BCUT2D eigenvalue weighted by Crippen LogP contribution is 2.60. The van der Waals surface area contributed by atoms with Crippen molar-refractivity contribution in [3.05, 3.63) is 0 Å². The molecule has 4 aliphatic heterocycles. The maximum atomic E-state index is 12.7. The van der Waals surface area contributed by atoms with Gasteiger partial charge in [-0.05, 0) is 38.0 Å². The molecule has 0 aromatic carbocycles. The molecule has 0 aromatic rings. The summed E-state index contributed by atoms with van der Waals surface area (Å²) in [6, 6.07) is 0. The number of aliphatic hydroxyl groups excluding tert-OH is 5. The molecule has 0 aromatic heterocycles. The third-order valence-electron chi connectivity index (χ3n) is 9.10. The first-order chi connectivity index (χ1) is 18.3. The molecule has 5 fully saturated rings. The van der Waals surface area contributed by atoms with Crippen LogP contribution in [0.1, 0.15) is 59.3 Å². The number of likely N-dealkylation sites (N-methyl/N-ethyl adjacent to an activating group) is 1. The second-order valence-corrected chi connectivity index (χ2v) is 11.8. The predicted octanol–water partition coefficient (Wildman–Crippen LogP) is -0.588. The van der Waals surface area contributed by atoms with E-state index < -0.39 is 66.9 Å². The third kappa shape index (κ3) is 5.84. The first kappa shape index (κ1) is 30.5. The first-order valence-corrected chi connectivity index (χ1v) is 13.8. The van der Waals surface area contributed by atoms with E-state index >= 15 is 0 Å². The molecule has 1 saturated carbocycles. The molecule has 1 spiro atoms. The summed E-state index contributed by atoms with van der Waals surface area (Å²) in [6.45, 7) is 4.81. The van der Waals surface area contributed by atoms with Crippen molar-refractivity contribution in [2.24, 2.45) is 23.7 Å². The summed E-state index contributed by atoms with van der Waals surface area (Å²) < 4.78 is 18.2.